The first-order chi connectivity index (χ1) is 4.22. The average Bonchev–Trinajstić information content (AvgIpc) is 1.83. The van der Waals surface area contributed by atoms with Crippen LogP contribution in [0.5, 0.6) is 5.75 Å². The number of rotatable bonds is 0. The lowest BCUT2D eigenvalue weighted by molar-refractivity contribution is 0.471. The van der Waals surface area contributed by atoms with Crippen molar-refractivity contribution in [3.8, 4) is 5.75 Å². The quantitative estimate of drug-likeness (QED) is 0.717. The number of phenols is 1. The van der Waals surface area contributed by atoms with Gasteiger partial charge in [0.25, 0.3) is 0 Å². The van der Waals surface area contributed by atoms with Gasteiger partial charge in [-0.25, -0.2) is 0 Å². The molecule has 0 spiro atoms. The summed E-state index contributed by atoms with van der Waals surface area (Å²) in [5, 5.41) is 9.09. The van der Waals surface area contributed by atoms with Crippen LogP contribution in [0.1, 0.15) is 0 Å². The molecule has 0 aliphatic rings. The van der Waals surface area contributed by atoms with Crippen LogP contribution in [0.25, 0.3) is 0 Å². The number of benzene rings is 1. The molecule has 1 rings (SSSR count). The third-order valence-electron chi connectivity index (χ3n) is 0.931. The van der Waals surface area contributed by atoms with Gasteiger partial charge in [-0.1, -0.05) is 6.07 Å². The molecule has 1 nitrogen and oxygen atoms in total. The van der Waals surface area contributed by atoms with Gasteiger partial charge in [0, 0.05) is 3.57 Å². The number of hydrogen-bond donors (Lipinski definition) is 1. The number of phenolic OH excluding ortho intramolecular Hbond substituents is 1. The van der Waals surface area contributed by atoms with Crippen LogP contribution in [0.4, 0.5) is 0 Å². The lowest BCUT2D eigenvalue weighted by Crippen LogP contribution is -1.77. The SMILES string of the molecule is Oc1cccc(I)c1I. The van der Waals surface area contributed by atoms with Crippen molar-refractivity contribution < 1.29 is 5.11 Å². The van der Waals surface area contributed by atoms with E-state index in [-0.39, 0.29) is 0 Å². The van der Waals surface area contributed by atoms with E-state index < -0.39 is 0 Å². The summed E-state index contributed by atoms with van der Waals surface area (Å²) in [6.45, 7) is 0. The number of aromatic hydroxyl groups is 1. The van der Waals surface area contributed by atoms with Gasteiger partial charge in [-0.05, 0) is 57.3 Å². The van der Waals surface area contributed by atoms with E-state index in [1.807, 2.05) is 12.1 Å². The van der Waals surface area contributed by atoms with Crippen LogP contribution < -0.4 is 0 Å². The second-order valence-corrected chi connectivity index (χ2v) is 3.81. The zero-order valence-corrected chi connectivity index (χ0v) is 8.75. The summed E-state index contributed by atoms with van der Waals surface area (Å²) in [6, 6.07) is 5.48. The molecule has 48 valence electrons. The highest BCUT2D eigenvalue weighted by molar-refractivity contribution is 14.1. The van der Waals surface area contributed by atoms with Crippen molar-refractivity contribution in [2.45, 2.75) is 0 Å². The van der Waals surface area contributed by atoms with Crippen LogP contribution in [0.15, 0.2) is 18.2 Å². The van der Waals surface area contributed by atoms with Gasteiger partial charge >= 0.3 is 0 Å². The molecular formula is C6H4I2O. The summed E-state index contributed by atoms with van der Waals surface area (Å²) < 4.78 is 2.02. The first kappa shape index (κ1) is 7.59. The van der Waals surface area contributed by atoms with E-state index in [1.54, 1.807) is 6.07 Å². The van der Waals surface area contributed by atoms with Gasteiger partial charge < -0.3 is 5.11 Å². The maximum atomic E-state index is 9.09. The molecule has 0 heterocycles. The van der Waals surface area contributed by atoms with Gasteiger partial charge in [0.05, 0.1) is 3.57 Å². The van der Waals surface area contributed by atoms with E-state index in [2.05, 4.69) is 45.2 Å². The molecule has 0 aliphatic heterocycles. The third kappa shape index (κ3) is 1.70. The summed E-state index contributed by atoms with van der Waals surface area (Å²) in [5.41, 5.74) is 0. The monoisotopic (exact) mass is 346 g/mol. The van der Waals surface area contributed by atoms with Crippen molar-refractivity contribution in [3.63, 3.8) is 0 Å². The highest BCUT2D eigenvalue weighted by atomic mass is 127. The van der Waals surface area contributed by atoms with E-state index in [0.29, 0.717) is 5.75 Å². The van der Waals surface area contributed by atoms with Crippen molar-refractivity contribution in [2.24, 2.45) is 0 Å². The zero-order chi connectivity index (χ0) is 6.85. The van der Waals surface area contributed by atoms with E-state index in [4.69, 9.17) is 5.11 Å². The van der Waals surface area contributed by atoms with Gasteiger partial charge in [-0.15, -0.1) is 0 Å². The molecule has 3 heteroatoms. The Balaban J connectivity index is 3.25. The van der Waals surface area contributed by atoms with Crippen LogP contribution in [0.3, 0.4) is 0 Å². The van der Waals surface area contributed by atoms with Crippen LogP contribution in [-0.2, 0) is 0 Å². The van der Waals surface area contributed by atoms with E-state index in [9.17, 15) is 0 Å². The van der Waals surface area contributed by atoms with Crippen LogP contribution >= 0.6 is 45.2 Å². The summed E-state index contributed by atoms with van der Waals surface area (Å²) in [5.74, 6) is 0.363. The molecule has 0 radical (unpaired) electrons. The second kappa shape index (κ2) is 3.05. The molecule has 0 atom stereocenters. The highest BCUT2D eigenvalue weighted by Crippen LogP contribution is 2.23. The zero-order valence-electron chi connectivity index (χ0n) is 4.44. The predicted molar refractivity (Wildman–Crippen MR) is 53.5 cm³/mol. The smallest absolute Gasteiger partial charge is 0.129 e. The number of halogens is 2. The third-order valence-corrected chi connectivity index (χ3v) is 4.00. The van der Waals surface area contributed by atoms with Crippen LogP contribution in [0.2, 0.25) is 0 Å². The molecule has 0 unspecified atom stereocenters. The van der Waals surface area contributed by atoms with Gasteiger partial charge in [0.1, 0.15) is 5.75 Å². The first-order valence-electron chi connectivity index (χ1n) is 2.35. The van der Waals surface area contributed by atoms with Crippen LogP contribution in [0, 0.1) is 7.14 Å². The Labute approximate surface area is 80.7 Å². The molecular weight excluding hydrogens is 342 g/mol. The molecule has 0 saturated heterocycles. The predicted octanol–water partition coefficient (Wildman–Crippen LogP) is 2.60. The lowest BCUT2D eigenvalue weighted by Gasteiger charge is -1.96. The fourth-order valence-electron chi connectivity index (χ4n) is 0.492. The van der Waals surface area contributed by atoms with E-state index in [0.717, 1.165) is 7.14 Å². The molecule has 0 aromatic heterocycles. The first-order valence-corrected chi connectivity index (χ1v) is 4.50. The Hall–Kier alpha value is 0.480. The average molecular weight is 346 g/mol. The molecule has 0 aliphatic carbocycles. The van der Waals surface area contributed by atoms with E-state index in [1.165, 1.54) is 0 Å². The Morgan fingerprint density at radius 2 is 1.89 bits per heavy atom. The van der Waals surface area contributed by atoms with Gasteiger partial charge in [-0.2, -0.15) is 0 Å². The standard InChI is InChI=1S/C6H4I2O/c7-4-2-1-3-5(9)6(4)8/h1-3,9H. The normalized spacial score (nSPS) is 9.56. The summed E-state index contributed by atoms with van der Waals surface area (Å²) in [6.07, 6.45) is 0. The minimum absolute atomic E-state index is 0.363. The largest absolute Gasteiger partial charge is 0.507 e. The minimum atomic E-state index is 0.363. The fourth-order valence-corrected chi connectivity index (χ4v) is 1.34. The Bertz CT molecular complexity index is 202. The minimum Gasteiger partial charge on any atom is -0.507 e. The molecule has 0 fully saturated rings. The molecule has 0 saturated carbocycles. The maximum absolute atomic E-state index is 9.09. The molecule has 0 bridgehead atoms. The molecule has 0 amide bonds. The van der Waals surface area contributed by atoms with Crippen molar-refractivity contribution in [2.75, 3.05) is 0 Å². The molecule has 1 aromatic rings. The molecule has 1 N–H and O–H groups in total. The number of hydrogen-bond acceptors (Lipinski definition) is 1. The van der Waals surface area contributed by atoms with Gasteiger partial charge in [0.2, 0.25) is 0 Å². The Morgan fingerprint density at radius 3 is 2.33 bits per heavy atom. The summed E-state index contributed by atoms with van der Waals surface area (Å²) in [7, 11) is 0. The topological polar surface area (TPSA) is 20.2 Å². The molecule has 1 aromatic carbocycles. The lowest BCUT2D eigenvalue weighted by atomic mass is 10.3. The molecule has 9 heavy (non-hydrogen) atoms. The fraction of sp³-hybridized carbons (Fsp3) is 0. The van der Waals surface area contributed by atoms with Crippen molar-refractivity contribution in [1.82, 2.24) is 0 Å². The van der Waals surface area contributed by atoms with Crippen molar-refractivity contribution in [3.05, 3.63) is 25.3 Å². The summed E-state index contributed by atoms with van der Waals surface area (Å²) in [4.78, 5) is 0. The van der Waals surface area contributed by atoms with Crippen molar-refractivity contribution >= 4 is 45.2 Å². The Kier molecular flexibility index (Phi) is 2.57. The Morgan fingerprint density at radius 1 is 1.22 bits per heavy atom. The maximum Gasteiger partial charge on any atom is 0.129 e. The van der Waals surface area contributed by atoms with Crippen molar-refractivity contribution in [1.29, 1.82) is 0 Å². The van der Waals surface area contributed by atoms with Gasteiger partial charge in [-0.3, -0.25) is 0 Å². The van der Waals surface area contributed by atoms with E-state index >= 15 is 0 Å². The van der Waals surface area contributed by atoms with Gasteiger partial charge in [0.15, 0.2) is 0 Å². The second-order valence-electron chi connectivity index (χ2n) is 1.57. The van der Waals surface area contributed by atoms with Crippen LogP contribution in [-0.4, -0.2) is 5.11 Å². The highest BCUT2D eigenvalue weighted by Gasteiger charge is 1.98. The summed E-state index contributed by atoms with van der Waals surface area (Å²) >= 11 is 4.29.